The van der Waals surface area contributed by atoms with Crippen LogP contribution in [0, 0.1) is 6.92 Å². The van der Waals surface area contributed by atoms with E-state index in [0.29, 0.717) is 12.4 Å². The van der Waals surface area contributed by atoms with Crippen LogP contribution in [0.4, 0.5) is 0 Å². The third-order valence-corrected chi connectivity index (χ3v) is 4.90. The summed E-state index contributed by atoms with van der Waals surface area (Å²) in [5.74, 6) is 0.721. The minimum absolute atomic E-state index is 0.183. The molecule has 1 aliphatic rings. The first-order valence-electron chi connectivity index (χ1n) is 8.35. The molecule has 0 atom stereocenters. The molecule has 1 fully saturated rings. The van der Waals surface area contributed by atoms with E-state index in [1.54, 1.807) is 6.92 Å². The zero-order valence-corrected chi connectivity index (χ0v) is 15.3. The van der Waals surface area contributed by atoms with Crippen molar-refractivity contribution in [3.8, 4) is 5.75 Å². The molecule has 3 rings (SSSR count). The van der Waals surface area contributed by atoms with Crippen LogP contribution in [-0.4, -0.2) is 18.3 Å². The maximum Gasteiger partial charge on any atom is 0.494 e. The zero-order chi connectivity index (χ0) is 18.2. The van der Waals surface area contributed by atoms with Crippen LogP contribution in [0.25, 0.3) is 0 Å². The van der Waals surface area contributed by atoms with E-state index in [9.17, 15) is 4.79 Å². The minimum atomic E-state index is -0.386. The minimum Gasteiger partial charge on any atom is -0.482 e. The molecular weight excluding hydrogens is 319 g/mol. The van der Waals surface area contributed by atoms with E-state index in [1.165, 1.54) is 12.3 Å². The van der Waals surface area contributed by atoms with Gasteiger partial charge in [0.15, 0.2) is 0 Å². The van der Waals surface area contributed by atoms with E-state index in [4.69, 9.17) is 18.5 Å². The molecule has 0 spiro atoms. The van der Waals surface area contributed by atoms with Crippen LogP contribution >= 0.6 is 0 Å². The summed E-state index contributed by atoms with van der Waals surface area (Å²) >= 11 is 0. The fourth-order valence-electron chi connectivity index (χ4n) is 2.58. The lowest BCUT2D eigenvalue weighted by Crippen LogP contribution is -2.41. The van der Waals surface area contributed by atoms with Gasteiger partial charge < -0.3 is 18.5 Å². The molecule has 0 N–H and O–H groups in total. The molecular formula is C19H23BO5. The number of rotatable bonds is 4. The van der Waals surface area contributed by atoms with Crippen LogP contribution in [0.2, 0.25) is 0 Å². The lowest BCUT2D eigenvalue weighted by Gasteiger charge is -2.32. The lowest BCUT2D eigenvalue weighted by atomic mass is 9.79. The third-order valence-electron chi connectivity index (χ3n) is 4.90. The molecule has 1 aromatic carbocycles. The van der Waals surface area contributed by atoms with E-state index in [-0.39, 0.29) is 29.5 Å². The first-order chi connectivity index (χ1) is 11.7. The summed E-state index contributed by atoms with van der Waals surface area (Å²) in [6.45, 7) is 10.1. The topological polar surface area (TPSA) is 57.9 Å². The van der Waals surface area contributed by atoms with Crippen molar-refractivity contribution >= 4 is 12.6 Å². The van der Waals surface area contributed by atoms with Crippen LogP contribution in [0.15, 0.2) is 45.8 Å². The lowest BCUT2D eigenvalue weighted by molar-refractivity contribution is 0.00578. The second kappa shape index (κ2) is 6.35. The summed E-state index contributed by atoms with van der Waals surface area (Å²) < 4.78 is 22.9. The van der Waals surface area contributed by atoms with Crippen LogP contribution in [0.3, 0.4) is 0 Å². The highest BCUT2D eigenvalue weighted by atomic mass is 16.7. The average molecular weight is 342 g/mol. The maximum atomic E-state index is 11.8. The summed E-state index contributed by atoms with van der Waals surface area (Å²) in [6.07, 6.45) is 1.36. The van der Waals surface area contributed by atoms with Crippen molar-refractivity contribution < 1.29 is 18.5 Å². The summed E-state index contributed by atoms with van der Waals surface area (Å²) in [5, 5.41) is 0. The molecule has 0 radical (unpaired) electrons. The summed E-state index contributed by atoms with van der Waals surface area (Å²) in [7, 11) is -0.386. The Labute approximate surface area is 148 Å². The largest absolute Gasteiger partial charge is 0.494 e. The number of hydrogen-bond acceptors (Lipinski definition) is 5. The number of aryl methyl sites for hydroxylation is 1. The molecule has 1 saturated heterocycles. The van der Waals surface area contributed by atoms with E-state index in [2.05, 4.69) is 0 Å². The molecule has 0 bridgehead atoms. The van der Waals surface area contributed by atoms with Crippen molar-refractivity contribution in [2.75, 3.05) is 0 Å². The Morgan fingerprint density at radius 1 is 1.00 bits per heavy atom. The molecule has 2 heterocycles. The van der Waals surface area contributed by atoms with Gasteiger partial charge in [0, 0.05) is 6.07 Å². The van der Waals surface area contributed by atoms with Crippen molar-refractivity contribution in [1.29, 1.82) is 0 Å². The van der Waals surface area contributed by atoms with Crippen LogP contribution in [0.5, 0.6) is 5.75 Å². The fourth-order valence-corrected chi connectivity index (χ4v) is 2.58. The highest BCUT2D eigenvalue weighted by molar-refractivity contribution is 6.62. The maximum absolute atomic E-state index is 11.8. The molecule has 5 nitrogen and oxygen atoms in total. The molecule has 2 aromatic rings. The van der Waals surface area contributed by atoms with Gasteiger partial charge in [-0.2, -0.15) is 0 Å². The molecule has 0 saturated carbocycles. The van der Waals surface area contributed by atoms with Gasteiger partial charge >= 0.3 is 7.12 Å². The monoisotopic (exact) mass is 342 g/mol. The Kier molecular flexibility index (Phi) is 4.52. The molecule has 0 amide bonds. The van der Waals surface area contributed by atoms with Gasteiger partial charge in [0.05, 0.1) is 17.5 Å². The smallest absolute Gasteiger partial charge is 0.482 e. The Morgan fingerprint density at radius 3 is 2.16 bits per heavy atom. The summed E-state index contributed by atoms with van der Waals surface area (Å²) in [6, 6.07) is 9.16. The van der Waals surface area contributed by atoms with Crippen molar-refractivity contribution in [3.05, 3.63) is 58.1 Å². The normalized spacial score (nSPS) is 18.4. The Hall–Kier alpha value is -2.05. The van der Waals surface area contributed by atoms with Crippen LogP contribution in [0.1, 0.15) is 39.0 Å². The van der Waals surface area contributed by atoms with Gasteiger partial charge in [-0.25, -0.2) is 0 Å². The molecule has 1 aliphatic heterocycles. The fraction of sp³-hybridized carbons (Fsp3) is 0.421. The Morgan fingerprint density at radius 2 is 1.60 bits per heavy atom. The predicted molar refractivity (Wildman–Crippen MR) is 96.2 cm³/mol. The zero-order valence-electron chi connectivity index (χ0n) is 15.3. The van der Waals surface area contributed by atoms with Gasteiger partial charge in [-0.3, -0.25) is 4.79 Å². The number of ether oxygens (including phenoxy) is 1. The quantitative estimate of drug-likeness (QED) is 0.800. The van der Waals surface area contributed by atoms with E-state index in [1.807, 2.05) is 52.0 Å². The SMILES string of the molecule is Cc1occc(=O)c1OCc1ccc(B2OC(C)(C)C(C)(C)O2)cc1. The van der Waals surface area contributed by atoms with Gasteiger partial charge in [0.1, 0.15) is 12.4 Å². The highest BCUT2D eigenvalue weighted by Gasteiger charge is 2.51. The van der Waals surface area contributed by atoms with Gasteiger partial charge in [-0.15, -0.1) is 0 Å². The summed E-state index contributed by atoms with van der Waals surface area (Å²) in [4.78, 5) is 11.8. The van der Waals surface area contributed by atoms with Gasteiger partial charge in [0.25, 0.3) is 0 Å². The first-order valence-corrected chi connectivity index (χ1v) is 8.35. The standard InChI is InChI=1S/C19H23BO5/c1-13-17(16(21)10-11-22-13)23-12-14-6-8-15(9-7-14)20-24-18(2,3)19(4,5)25-20/h6-11H,12H2,1-5H3. The third kappa shape index (κ3) is 3.50. The molecule has 0 unspecified atom stereocenters. The average Bonchev–Trinajstić information content (AvgIpc) is 2.75. The van der Waals surface area contributed by atoms with Crippen molar-refractivity contribution in [2.24, 2.45) is 0 Å². The second-order valence-electron chi connectivity index (χ2n) is 7.29. The number of benzene rings is 1. The van der Waals surface area contributed by atoms with Gasteiger partial charge in [-0.1, -0.05) is 24.3 Å². The highest BCUT2D eigenvalue weighted by Crippen LogP contribution is 2.36. The van der Waals surface area contributed by atoms with E-state index >= 15 is 0 Å². The number of hydrogen-bond donors (Lipinski definition) is 0. The van der Waals surface area contributed by atoms with Crippen molar-refractivity contribution in [1.82, 2.24) is 0 Å². The van der Waals surface area contributed by atoms with Crippen LogP contribution in [-0.2, 0) is 15.9 Å². The molecule has 1 aromatic heterocycles. The van der Waals surface area contributed by atoms with Gasteiger partial charge in [0.2, 0.25) is 11.2 Å². The molecule has 0 aliphatic carbocycles. The molecule has 6 heteroatoms. The van der Waals surface area contributed by atoms with Gasteiger partial charge in [-0.05, 0) is 45.6 Å². The van der Waals surface area contributed by atoms with Crippen molar-refractivity contribution in [2.45, 2.75) is 52.4 Å². The Balaban J connectivity index is 1.68. The molecule has 25 heavy (non-hydrogen) atoms. The van der Waals surface area contributed by atoms with E-state index in [0.717, 1.165) is 11.0 Å². The second-order valence-corrected chi connectivity index (χ2v) is 7.29. The molecule has 132 valence electrons. The first kappa shape index (κ1) is 17.8. The summed E-state index contributed by atoms with van der Waals surface area (Å²) in [5.41, 5.74) is 0.995. The Bertz CT molecular complexity index is 791. The predicted octanol–water partition coefficient (Wildman–Crippen LogP) is 2.83. The van der Waals surface area contributed by atoms with Crippen LogP contribution < -0.4 is 15.6 Å². The van der Waals surface area contributed by atoms with E-state index < -0.39 is 0 Å². The van der Waals surface area contributed by atoms with Crippen molar-refractivity contribution in [3.63, 3.8) is 0 Å².